The molecule has 0 aliphatic rings. The van der Waals surface area contributed by atoms with Crippen molar-refractivity contribution in [3.05, 3.63) is 72.2 Å². The van der Waals surface area contributed by atoms with Gasteiger partial charge < -0.3 is 4.79 Å². The van der Waals surface area contributed by atoms with Crippen LogP contribution in [-0.4, -0.2) is 5.78 Å². The smallest absolute Gasteiger partial charge is 0 e. The van der Waals surface area contributed by atoms with Crippen LogP contribution in [0.4, 0.5) is 0 Å². The summed E-state index contributed by atoms with van der Waals surface area (Å²) < 4.78 is 22.5. The summed E-state index contributed by atoms with van der Waals surface area (Å²) in [5, 5.41) is 1.91. The fourth-order valence-corrected chi connectivity index (χ4v) is 1.76. The van der Waals surface area contributed by atoms with Crippen LogP contribution in [-0.2, 0) is 31.0 Å². The van der Waals surface area contributed by atoms with Gasteiger partial charge in [-0.15, -0.1) is 12.1 Å². The van der Waals surface area contributed by atoms with E-state index in [1.54, 1.807) is 0 Å². The standard InChI is InChI=1S/C10H7OS.3CO.Mn/c11-10(8-4-1-2-5-8)9-6-3-7-12-9;3*1-2;/h1-7H;;;;/q-1;;;;. The van der Waals surface area contributed by atoms with Gasteiger partial charge in [0.15, 0.2) is 0 Å². The molecule has 1 radical (unpaired) electrons. The zero-order valence-corrected chi connectivity index (χ0v) is 11.5. The van der Waals surface area contributed by atoms with Crippen LogP contribution >= 0.6 is 11.3 Å². The monoisotopic (exact) mass is 314 g/mol. The van der Waals surface area contributed by atoms with E-state index in [9.17, 15) is 4.79 Å². The van der Waals surface area contributed by atoms with E-state index in [-0.39, 0.29) is 22.9 Å². The van der Waals surface area contributed by atoms with Crippen LogP contribution in [0, 0.1) is 20.0 Å². The van der Waals surface area contributed by atoms with E-state index in [1.807, 2.05) is 41.8 Å². The van der Waals surface area contributed by atoms with Gasteiger partial charge >= 0.3 is 33.9 Å². The van der Waals surface area contributed by atoms with Crippen molar-refractivity contribution in [3.8, 4) is 0 Å². The first-order valence-electron chi connectivity index (χ1n) is 4.29. The zero-order chi connectivity index (χ0) is 14.4. The first kappa shape index (κ1) is 22.6. The first-order chi connectivity index (χ1) is 8.88. The van der Waals surface area contributed by atoms with E-state index in [4.69, 9.17) is 14.0 Å². The quantitative estimate of drug-likeness (QED) is 0.363. The molecule has 4 nitrogen and oxygen atoms in total. The van der Waals surface area contributed by atoms with Crippen LogP contribution in [0.1, 0.15) is 15.2 Å². The molecule has 0 amide bonds. The summed E-state index contributed by atoms with van der Waals surface area (Å²) in [7, 11) is 0. The molecule has 1 aromatic heterocycles. The molecule has 2 aromatic rings. The summed E-state index contributed by atoms with van der Waals surface area (Å²) in [6.07, 6.45) is 0. The van der Waals surface area contributed by atoms with Gasteiger partial charge in [-0.05, 0) is 5.38 Å². The summed E-state index contributed by atoms with van der Waals surface area (Å²) in [6.45, 7) is 13.5. The molecule has 0 aliphatic carbocycles. The van der Waals surface area contributed by atoms with E-state index in [2.05, 4.69) is 20.0 Å². The van der Waals surface area contributed by atoms with Gasteiger partial charge in [0.1, 0.15) is 5.78 Å². The maximum atomic E-state index is 11.6. The van der Waals surface area contributed by atoms with Gasteiger partial charge in [0.05, 0.1) is 0 Å². The molecule has 2 rings (SSSR count). The van der Waals surface area contributed by atoms with Gasteiger partial charge in [0.2, 0.25) is 0 Å². The number of hydrogen-bond donors (Lipinski definition) is 0. The Kier molecular flexibility index (Phi) is 19.6. The van der Waals surface area contributed by atoms with Gasteiger partial charge in [-0.25, -0.2) is 0 Å². The Hall–Kier alpha value is -1.54. The Bertz CT molecular complexity index is 430. The summed E-state index contributed by atoms with van der Waals surface area (Å²) >= 11 is 1.48. The summed E-state index contributed by atoms with van der Waals surface area (Å²) in [6, 6.07) is 11.2. The molecule has 6 heteroatoms. The second-order valence-corrected chi connectivity index (χ2v) is 3.43. The van der Waals surface area contributed by atoms with E-state index in [0.29, 0.717) is 0 Å². The Labute approximate surface area is 125 Å². The Morgan fingerprint density at radius 2 is 1.47 bits per heavy atom. The molecule has 1 aromatic carbocycles. The SMILES string of the molecule is O=C(c1cccs1)[c-]1cccc1.[C-]#[O+].[C-]#[O+].[C-]#[O+].[Mn]. The average molecular weight is 314 g/mol. The van der Waals surface area contributed by atoms with Gasteiger partial charge in [-0.3, -0.25) is 0 Å². The van der Waals surface area contributed by atoms with Crippen LogP contribution in [0.2, 0.25) is 0 Å². The molecular formula is C13H7MnO4S-. The van der Waals surface area contributed by atoms with Gasteiger partial charge in [-0.2, -0.15) is 23.5 Å². The Balaban J connectivity index is -0.000000325. The first-order valence-corrected chi connectivity index (χ1v) is 5.17. The van der Waals surface area contributed by atoms with Crippen LogP contribution < -0.4 is 0 Å². The molecule has 0 atom stereocenters. The molecule has 0 N–H and O–H groups in total. The fourth-order valence-electron chi connectivity index (χ4n) is 1.08. The van der Waals surface area contributed by atoms with E-state index in [0.717, 1.165) is 10.4 Å². The van der Waals surface area contributed by atoms with E-state index in [1.165, 1.54) is 11.3 Å². The fraction of sp³-hybridized carbons (Fsp3) is 0. The molecule has 0 aliphatic heterocycles. The van der Waals surface area contributed by atoms with Crippen LogP contribution in [0.3, 0.4) is 0 Å². The number of hydrogen-bond acceptors (Lipinski definition) is 2. The van der Waals surface area contributed by atoms with E-state index < -0.39 is 0 Å². The largest absolute Gasteiger partial charge is 0 e. The minimum absolute atomic E-state index is 0. The molecule has 0 saturated heterocycles. The molecule has 0 fully saturated rings. The second-order valence-electron chi connectivity index (χ2n) is 2.48. The average Bonchev–Trinajstić information content (AvgIpc) is 3.18. The summed E-state index contributed by atoms with van der Waals surface area (Å²) in [5.41, 5.74) is 0.775. The maximum absolute atomic E-state index is 11.6. The third kappa shape index (κ3) is 8.22. The van der Waals surface area contributed by atoms with Crippen molar-refractivity contribution in [2.45, 2.75) is 0 Å². The molecule has 97 valence electrons. The van der Waals surface area contributed by atoms with Crippen molar-refractivity contribution in [3.63, 3.8) is 0 Å². The molecule has 0 saturated carbocycles. The molecule has 0 bridgehead atoms. The van der Waals surface area contributed by atoms with Crippen LogP contribution in [0.25, 0.3) is 0 Å². The molecule has 0 unspecified atom stereocenters. The third-order valence-electron chi connectivity index (χ3n) is 1.67. The van der Waals surface area contributed by atoms with Gasteiger partial charge in [-0.1, -0.05) is 17.7 Å². The van der Waals surface area contributed by atoms with E-state index >= 15 is 0 Å². The third-order valence-corrected chi connectivity index (χ3v) is 2.54. The predicted octanol–water partition coefficient (Wildman–Crippen LogP) is 2.58. The number of ketones is 1. The molecule has 19 heavy (non-hydrogen) atoms. The Morgan fingerprint density at radius 3 is 1.84 bits per heavy atom. The number of thiophene rings is 1. The van der Waals surface area contributed by atoms with Crippen LogP contribution in [0.15, 0.2) is 41.8 Å². The summed E-state index contributed by atoms with van der Waals surface area (Å²) in [4.78, 5) is 12.4. The van der Waals surface area contributed by atoms with Gasteiger partial charge in [0.25, 0.3) is 0 Å². The van der Waals surface area contributed by atoms with Crippen molar-refractivity contribution in [1.82, 2.24) is 0 Å². The van der Waals surface area contributed by atoms with Crippen molar-refractivity contribution in [2.75, 3.05) is 0 Å². The zero-order valence-electron chi connectivity index (χ0n) is 9.46. The predicted molar refractivity (Wildman–Crippen MR) is 61.6 cm³/mol. The summed E-state index contributed by atoms with van der Waals surface area (Å²) in [5.74, 6) is 0.120. The second kappa shape index (κ2) is 16.5. The molecule has 0 spiro atoms. The van der Waals surface area contributed by atoms with Crippen molar-refractivity contribution < 1.29 is 35.8 Å². The maximum Gasteiger partial charge on any atom is 0 e. The van der Waals surface area contributed by atoms with Gasteiger partial charge in [0, 0.05) is 21.9 Å². The number of carbonyl (C=O) groups is 1. The Morgan fingerprint density at radius 1 is 1.00 bits per heavy atom. The minimum atomic E-state index is 0. The number of rotatable bonds is 2. The van der Waals surface area contributed by atoms with Crippen molar-refractivity contribution in [1.29, 1.82) is 0 Å². The van der Waals surface area contributed by atoms with Crippen molar-refractivity contribution in [2.24, 2.45) is 0 Å². The molecular weight excluding hydrogens is 307 g/mol. The minimum Gasteiger partial charge on any atom is 0 e. The molecule has 1 heterocycles. The topological polar surface area (TPSA) is 76.8 Å². The van der Waals surface area contributed by atoms with Crippen LogP contribution in [0.5, 0.6) is 0 Å². The number of carbonyl (C=O) groups excluding carboxylic acids is 1. The normalized spacial score (nSPS) is 6.63. The van der Waals surface area contributed by atoms with Crippen molar-refractivity contribution >= 4 is 17.1 Å².